The van der Waals surface area contributed by atoms with Gasteiger partial charge in [-0.25, -0.2) is 0 Å². The van der Waals surface area contributed by atoms with Crippen molar-refractivity contribution in [2.24, 2.45) is 0 Å². The van der Waals surface area contributed by atoms with Crippen LogP contribution in [-0.2, 0) is 6.61 Å². The van der Waals surface area contributed by atoms with Crippen LogP contribution in [0, 0.1) is 0 Å². The number of imidazole rings is 1. The number of hydrogen-bond acceptors (Lipinski definition) is 2. The number of rotatable bonds is 5. The SMILES string of the molecule is c1ccc([Si](c2ccccc2)(c2ccccc2)c2ccc3c4ccccc4n(-c4ccc5c(c4)nc4n5-c5ccccc5CO4)c3c2)cc1. The molecular weight excluding hydrogens is 615 g/mol. The maximum absolute atomic E-state index is 6.13. The minimum atomic E-state index is -2.72. The summed E-state index contributed by atoms with van der Waals surface area (Å²) in [7, 11) is -2.72. The molecule has 10 rings (SSSR count). The van der Waals surface area contributed by atoms with E-state index in [-0.39, 0.29) is 0 Å². The summed E-state index contributed by atoms with van der Waals surface area (Å²) < 4.78 is 10.7. The van der Waals surface area contributed by atoms with E-state index in [1.54, 1.807) is 0 Å². The van der Waals surface area contributed by atoms with Crippen molar-refractivity contribution in [2.45, 2.75) is 6.61 Å². The van der Waals surface area contributed by atoms with E-state index in [1.165, 1.54) is 42.6 Å². The summed E-state index contributed by atoms with van der Waals surface area (Å²) in [5.74, 6) is 0. The smallest absolute Gasteiger partial charge is 0.302 e. The Bertz CT molecular complexity index is 2560. The highest BCUT2D eigenvalue weighted by Gasteiger charge is 2.41. The maximum atomic E-state index is 6.13. The van der Waals surface area contributed by atoms with Gasteiger partial charge in [-0.15, -0.1) is 0 Å². The van der Waals surface area contributed by atoms with E-state index >= 15 is 0 Å². The first kappa shape index (κ1) is 27.9. The first-order valence-electron chi connectivity index (χ1n) is 16.7. The second-order valence-corrected chi connectivity index (χ2v) is 16.6. The summed E-state index contributed by atoms with van der Waals surface area (Å²) in [5, 5.41) is 7.89. The molecule has 1 aliphatic rings. The van der Waals surface area contributed by atoms with Gasteiger partial charge in [-0.1, -0.05) is 140 Å². The zero-order valence-corrected chi connectivity index (χ0v) is 27.7. The lowest BCUT2D eigenvalue weighted by Gasteiger charge is -2.34. The van der Waals surface area contributed by atoms with Gasteiger partial charge in [0.05, 0.1) is 27.8 Å². The number of fused-ring (bicyclic) bond motifs is 8. The third-order valence-corrected chi connectivity index (χ3v) is 15.0. The van der Waals surface area contributed by atoms with Crippen LogP contribution < -0.4 is 25.5 Å². The molecule has 0 N–H and O–H groups in total. The predicted molar refractivity (Wildman–Crippen MR) is 203 cm³/mol. The van der Waals surface area contributed by atoms with Crippen LogP contribution in [0.1, 0.15) is 5.56 Å². The Morgan fingerprint density at radius 2 is 1.08 bits per heavy atom. The molecule has 3 heterocycles. The molecule has 0 unspecified atom stereocenters. The molecule has 49 heavy (non-hydrogen) atoms. The molecule has 0 amide bonds. The van der Waals surface area contributed by atoms with Crippen molar-refractivity contribution in [3.05, 3.63) is 181 Å². The van der Waals surface area contributed by atoms with Gasteiger partial charge in [-0.3, -0.25) is 4.57 Å². The van der Waals surface area contributed by atoms with Crippen molar-refractivity contribution in [3.8, 4) is 17.4 Å². The van der Waals surface area contributed by atoms with Crippen LogP contribution in [0.3, 0.4) is 0 Å². The highest BCUT2D eigenvalue weighted by atomic mass is 28.3. The van der Waals surface area contributed by atoms with Crippen molar-refractivity contribution >= 4 is 61.7 Å². The Morgan fingerprint density at radius 3 is 1.80 bits per heavy atom. The first-order valence-corrected chi connectivity index (χ1v) is 18.7. The Balaban J connectivity index is 1.26. The highest BCUT2D eigenvalue weighted by molar-refractivity contribution is 7.20. The average Bonchev–Trinajstić information content (AvgIpc) is 3.72. The fourth-order valence-corrected chi connectivity index (χ4v) is 12.8. The quantitative estimate of drug-likeness (QED) is 0.144. The minimum absolute atomic E-state index is 0.526. The lowest BCUT2D eigenvalue weighted by molar-refractivity contribution is 0.265. The van der Waals surface area contributed by atoms with E-state index in [1.807, 2.05) is 0 Å². The van der Waals surface area contributed by atoms with E-state index in [0.29, 0.717) is 12.6 Å². The monoisotopic (exact) mass is 645 g/mol. The molecule has 0 spiro atoms. The van der Waals surface area contributed by atoms with E-state index in [0.717, 1.165) is 28.0 Å². The summed E-state index contributed by atoms with van der Waals surface area (Å²) in [6.45, 7) is 0.526. The molecule has 0 radical (unpaired) electrons. The zero-order valence-electron chi connectivity index (χ0n) is 26.7. The van der Waals surface area contributed by atoms with Gasteiger partial charge in [0.15, 0.2) is 8.07 Å². The number of nitrogens with zero attached hydrogens (tertiary/aromatic N) is 3. The summed E-state index contributed by atoms with van der Waals surface area (Å²) in [6.07, 6.45) is 0. The molecular formula is C44H31N3OSi. The number of benzene rings is 7. The zero-order chi connectivity index (χ0) is 32.4. The lowest BCUT2D eigenvalue weighted by Crippen LogP contribution is -2.74. The van der Waals surface area contributed by atoms with Crippen LogP contribution in [0.4, 0.5) is 0 Å². The second-order valence-electron chi connectivity index (χ2n) is 12.8. The fraction of sp³-hybridized carbons (Fsp3) is 0.0227. The number of ether oxygens (including phenoxy) is 1. The van der Waals surface area contributed by atoms with Crippen molar-refractivity contribution in [1.29, 1.82) is 0 Å². The van der Waals surface area contributed by atoms with Gasteiger partial charge in [0.1, 0.15) is 6.61 Å². The Labute approximate surface area is 285 Å². The molecule has 5 heteroatoms. The van der Waals surface area contributed by atoms with Gasteiger partial charge in [0.2, 0.25) is 0 Å². The molecule has 0 atom stereocenters. The van der Waals surface area contributed by atoms with Crippen LogP contribution in [0.5, 0.6) is 6.01 Å². The van der Waals surface area contributed by atoms with E-state index < -0.39 is 8.07 Å². The average molecular weight is 646 g/mol. The highest BCUT2D eigenvalue weighted by Crippen LogP contribution is 2.36. The van der Waals surface area contributed by atoms with Crippen LogP contribution in [0.15, 0.2) is 176 Å². The summed E-state index contributed by atoms with van der Waals surface area (Å²) in [5.41, 5.74) is 7.67. The molecule has 232 valence electrons. The number of aromatic nitrogens is 3. The van der Waals surface area contributed by atoms with Crippen LogP contribution in [0.2, 0.25) is 0 Å². The van der Waals surface area contributed by atoms with Gasteiger partial charge in [0.25, 0.3) is 0 Å². The maximum Gasteiger partial charge on any atom is 0.302 e. The topological polar surface area (TPSA) is 32.0 Å². The third kappa shape index (κ3) is 4.12. The number of hydrogen-bond donors (Lipinski definition) is 0. The van der Waals surface area contributed by atoms with Crippen molar-refractivity contribution < 1.29 is 4.74 Å². The van der Waals surface area contributed by atoms with Crippen LogP contribution in [-0.4, -0.2) is 22.2 Å². The van der Waals surface area contributed by atoms with Gasteiger partial charge in [0, 0.05) is 22.0 Å². The molecule has 1 aliphatic heterocycles. The molecule has 0 saturated heterocycles. The molecule has 7 aromatic carbocycles. The van der Waals surface area contributed by atoms with E-state index in [9.17, 15) is 0 Å². The van der Waals surface area contributed by atoms with Gasteiger partial charge >= 0.3 is 6.01 Å². The largest absolute Gasteiger partial charge is 0.459 e. The van der Waals surface area contributed by atoms with E-state index in [2.05, 4.69) is 185 Å². The Hall–Kier alpha value is -6.17. The standard InChI is InChI=1S/C44H31N3OSi/c1-4-15-33(16-5-1)49(34-17-6-2-7-18-34,35-19-8-3-9-20-35)36-25-26-38-37-21-11-13-23-41(37)46(43(38)29-36)32-24-27-42-39(28-32)45-44-47(42)40-22-12-10-14-31(40)30-48-44/h1-29H,30H2. The summed E-state index contributed by atoms with van der Waals surface area (Å²) in [6, 6.07) is 65.0. The molecule has 4 nitrogen and oxygen atoms in total. The molecule has 9 aromatic rings. The van der Waals surface area contributed by atoms with Crippen molar-refractivity contribution in [2.75, 3.05) is 0 Å². The Morgan fingerprint density at radius 1 is 0.469 bits per heavy atom. The normalized spacial score (nSPS) is 12.6. The molecule has 0 bridgehead atoms. The molecule has 0 saturated carbocycles. The molecule has 0 fully saturated rings. The lowest BCUT2D eigenvalue weighted by atomic mass is 10.1. The van der Waals surface area contributed by atoms with Gasteiger partial charge in [-0.2, -0.15) is 4.98 Å². The summed E-state index contributed by atoms with van der Waals surface area (Å²) >= 11 is 0. The Kier molecular flexibility index (Phi) is 6.23. The van der Waals surface area contributed by atoms with E-state index in [4.69, 9.17) is 9.72 Å². The van der Waals surface area contributed by atoms with Gasteiger partial charge < -0.3 is 9.30 Å². The van der Waals surface area contributed by atoms with Crippen molar-refractivity contribution in [3.63, 3.8) is 0 Å². The first-order chi connectivity index (χ1) is 24.3. The minimum Gasteiger partial charge on any atom is -0.459 e. The number of para-hydroxylation sites is 2. The predicted octanol–water partition coefficient (Wildman–Crippen LogP) is 7.39. The molecule has 2 aromatic heterocycles. The van der Waals surface area contributed by atoms with Crippen LogP contribution in [0.25, 0.3) is 44.2 Å². The fourth-order valence-electron chi connectivity index (χ4n) is 8.06. The van der Waals surface area contributed by atoms with Crippen LogP contribution >= 0.6 is 0 Å². The molecule has 0 aliphatic carbocycles. The third-order valence-electron chi connectivity index (χ3n) is 10.2. The van der Waals surface area contributed by atoms with Crippen molar-refractivity contribution in [1.82, 2.24) is 14.1 Å². The summed E-state index contributed by atoms with van der Waals surface area (Å²) in [4.78, 5) is 4.99. The van der Waals surface area contributed by atoms with Gasteiger partial charge in [-0.05, 0) is 57.1 Å². The second kappa shape index (κ2) is 10.9.